The highest BCUT2D eigenvalue weighted by Crippen LogP contribution is 2.11. The normalized spacial score (nSPS) is 13.1. The minimum absolute atomic E-state index is 0.843. The minimum Gasteiger partial charge on any atom is -0.470 e. The molecule has 0 aliphatic carbocycles. The number of hydrogen-bond acceptors (Lipinski definition) is 1. The number of rotatable bonds is 0. The average Bonchev–Trinajstić information content (AvgIpc) is 2.81. The third-order valence-electron chi connectivity index (χ3n) is 2.34. The van der Waals surface area contributed by atoms with Gasteiger partial charge in [-0.2, -0.15) is 0 Å². The molecule has 0 aromatic heterocycles. The first-order chi connectivity index (χ1) is 7.86. The van der Waals surface area contributed by atoms with E-state index in [1.165, 1.54) is 10.8 Å². The van der Waals surface area contributed by atoms with Gasteiger partial charge in [0.05, 0.1) is 12.0 Å². The highest BCUT2D eigenvalue weighted by atomic mass is 16.5. The molecule has 0 amide bonds. The van der Waals surface area contributed by atoms with Crippen LogP contribution in [-0.4, -0.2) is 0 Å². The Labute approximate surface area is 95.7 Å². The summed E-state index contributed by atoms with van der Waals surface area (Å²) < 4.78 is 4.78. The lowest BCUT2D eigenvalue weighted by atomic mass is 10.1. The van der Waals surface area contributed by atoms with Crippen molar-refractivity contribution in [2.75, 3.05) is 0 Å². The number of allylic oxidation sites excluding steroid dienone is 1. The highest BCUT2D eigenvalue weighted by Gasteiger charge is 1.92. The van der Waals surface area contributed by atoms with Crippen LogP contribution in [0.25, 0.3) is 10.8 Å². The predicted molar refractivity (Wildman–Crippen MR) is 67.9 cm³/mol. The maximum atomic E-state index is 4.78. The molecule has 0 N–H and O–H groups in total. The summed E-state index contributed by atoms with van der Waals surface area (Å²) in [5, 5.41) is 2.62. The van der Waals surface area contributed by atoms with Crippen LogP contribution < -0.4 is 0 Å². The summed E-state index contributed by atoms with van der Waals surface area (Å²) >= 11 is 0. The summed E-state index contributed by atoms with van der Waals surface area (Å²) in [4.78, 5) is 0. The molecule has 1 aliphatic rings. The van der Waals surface area contributed by atoms with E-state index in [9.17, 15) is 0 Å². The van der Waals surface area contributed by atoms with E-state index >= 15 is 0 Å². The molecule has 16 heavy (non-hydrogen) atoms. The molecule has 1 aliphatic heterocycles. The Morgan fingerprint density at radius 3 is 1.62 bits per heavy atom. The zero-order chi connectivity index (χ0) is 11.2. The van der Waals surface area contributed by atoms with Crippen molar-refractivity contribution in [3.8, 4) is 0 Å². The van der Waals surface area contributed by atoms with Crippen molar-refractivity contribution in [1.82, 2.24) is 0 Å². The first-order valence-corrected chi connectivity index (χ1v) is 5.29. The fourth-order valence-corrected chi connectivity index (χ4v) is 1.50. The predicted octanol–water partition coefficient (Wildman–Crippen LogP) is 4.27. The van der Waals surface area contributed by atoms with Crippen LogP contribution in [0.4, 0.5) is 0 Å². The van der Waals surface area contributed by atoms with Crippen molar-refractivity contribution >= 4 is 10.8 Å². The Morgan fingerprint density at radius 1 is 0.875 bits per heavy atom. The first-order valence-electron chi connectivity index (χ1n) is 5.29. The molecular formula is C15H14O. The first kappa shape index (κ1) is 10.5. The second kappa shape index (κ2) is 5.17. The second-order valence-electron chi connectivity index (χ2n) is 3.58. The van der Waals surface area contributed by atoms with E-state index in [2.05, 4.69) is 55.1 Å². The maximum Gasteiger partial charge on any atom is 0.0999 e. The monoisotopic (exact) mass is 210 g/mol. The lowest BCUT2D eigenvalue weighted by molar-refractivity contribution is 0.369. The Bertz CT molecular complexity index is 436. The molecule has 1 heteroatoms. The van der Waals surface area contributed by atoms with Crippen LogP contribution in [0.5, 0.6) is 0 Å². The lowest BCUT2D eigenvalue weighted by Crippen LogP contribution is -1.67. The lowest BCUT2D eigenvalue weighted by Gasteiger charge is -1.92. The van der Waals surface area contributed by atoms with Gasteiger partial charge in [-0.25, -0.2) is 0 Å². The molecule has 3 rings (SSSR count). The molecule has 0 saturated carbocycles. The molecule has 0 radical (unpaired) electrons. The van der Waals surface area contributed by atoms with Gasteiger partial charge in [0.25, 0.3) is 0 Å². The molecule has 0 fully saturated rings. The Balaban J connectivity index is 0.000000138. The molecule has 2 aromatic carbocycles. The number of hydrogen-bond donors (Lipinski definition) is 0. The summed E-state index contributed by atoms with van der Waals surface area (Å²) in [5.74, 6) is 0.843. The Hall–Kier alpha value is -2.02. The van der Waals surface area contributed by atoms with Crippen molar-refractivity contribution in [3.05, 3.63) is 73.2 Å². The summed E-state index contributed by atoms with van der Waals surface area (Å²) in [6.07, 6.45) is 4.48. The largest absolute Gasteiger partial charge is 0.470 e. The van der Waals surface area contributed by atoms with Crippen LogP contribution in [0.15, 0.2) is 73.2 Å². The molecule has 0 atom stereocenters. The molecule has 0 saturated heterocycles. The van der Waals surface area contributed by atoms with E-state index < -0.39 is 0 Å². The molecule has 80 valence electrons. The third-order valence-corrected chi connectivity index (χ3v) is 2.34. The number of fused-ring (bicyclic) bond motifs is 1. The van der Waals surface area contributed by atoms with Crippen molar-refractivity contribution < 1.29 is 4.74 Å². The van der Waals surface area contributed by atoms with Crippen molar-refractivity contribution in [3.63, 3.8) is 0 Å². The zero-order valence-electron chi connectivity index (χ0n) is 9.10. The van der Waals surface area contributed by atoms with E-state index in [1.807, 2.05) is 6.08 Å². The molecule has 2 aromatic rings. The van der Waals surface area contributed by atoms with Gasteiger partial charge in [0.2, 0.25) is 0 Å². The molecular weight excluding hydrogens is 196 g/mol. The average molecular weight is 210 g/mol. The summed E-state index contributed by atoms with van der Waals surface area (Å²) in [7, 11) is 0. The van der Waals surface area contributed by atoms with Gasteiger partial charge in [-0.3, -0.25) is 0 Å². The van der Waals surface area contributed by atoms with Crippen LogP contribution in [0.1, 0.15) is 6.42 Å². The summed E-state index contributed by atoms with van der Waals surface area (Å²) in [6.45, 7) is 3.57. The van der Waals surface area contributed by atoms with Gasteiger partial charge in [-0.1, -0.05) is 55.1 Å². The molecule has 0 bridgehead atoms. The van der Waals surface area contributed by atoms with Gasteiger partial charge >= 0.3 is 0 Å². The molecule has 1 nitrogen and oxygen atoms in total. The highest BCUT2D eigenvalue weighted by molar-refractivity contribution is 5.81. The van der Waals surface area contributed by atoms with Gasteiger partial charge < -0.3 is 4.74 Å². The van der Waals surface area contributed by atoms with Gasteiger partial charge in [0.15, 0.2) is 0 Å². The quantitative estimate of drug-likeness (QED) is 0.630. The van der Waals surface area contributed by atoms with Gasteiger partial charge in [-0.15, -0.1) is 0 Å². The topological polar surface area (TPSA) is 9.23 Å². The number of benzene rings is 2. The Morgan fingerprint density at radius 2 is 1.38 bits per heavy atom. The third kappa shape index (κ3) is 2.74. The molecule has 0 unspecified atom stereocenters. The van der Waals surface area contributed by atoms with E-state index in [0.717, 1.165) is 12.2 Å². The fraction of sp³-hybridized carbons (Fsp3) is 0.0667. The van der Waals surface area contributed by atoms with Gasteiger partial charge in [0.1, 0.15) is 0 Å². The van der Waals surface area contributed by atoms with Gasteiger partial charge in [-0.05, 0) is 16.8 Å². The smallest absolute Gasteiger partial charge is 0.0999 e. The minimum atomic E-state index is 0.843. The van der Waals surface area contributed by atoms with E-state index in [0.29, 0.717) is 0 Å². The zero-order valence-corrected chi connectivity index (χ0v) is 9.10. The van der Waals surface area contributed by atoms with E-state index in [-0.39, 0.29) is 0 Å². The van der Waals surface area contributed by atoms with Crippen molar-refractivity contribution in [2.24, 2.45) is 0 Å². The van der Waals surface area contributed by atoms with Crippen LogP contribution in [0.2, 0.25) is 0 Å². The molecule has 1 heterocycles. The Kier molecular flexibility index (Phi) is 3.39. The van der Waals surface area contributed by atoms with Crippen LogP contribution in [0.3, 0.4) is 0 Å². The summed E-state index contributed by atoms with van der Waals surface area (Å²) in [5.41, 5.74) is 0. The van der Waals surface area contributed by atoms with E-state index in [1.54, 1.807) is 6.26 Å². The standard InChI is InChI=1S/C10H8.C5H6O/c1-2-6-10-8-4-3-7-9(10)5-1;1-5-3-2-4-6-5/h1-8H;2,4H,1,3H2. The molecule has 0 spiro atoms. The summed E-state index contributed by atoms with van der Waals surface area (Å²) in [6, 6.07) is 16.7. The van der Waals surface area contributed by atoms with Gasteiger partial charge in [0, 0.05) is 6.42 Å². The van der Waals surface area contributed by atoms with Crippen molar-refractivity contribution in [1.29, 1.82) is 0 Å². The van der Waals surface area contributed by atoms with Crippen LogP contribution in [0, 0.1) is 0 Å². The SMILES string of the molecule is C=C1CC=CO1.c1ccc2ccccc2c1. The maximum absolute atomic E-state index is 4.78. The van der Waals surface area contributed by atoms with Crippen LogP contribution >= 0.6 is 0 Å². The van der Waals surface area contributed by atoms with Crippen molar-refractivity contribution in [2.45, 2.75) is 6.42 Å². The van der Waals surface area contributed by atoms with E-state index in [4.69, 9.17) is 4.74 Å². The fourth-order valence-electron chi connectivity index (χ4n) is 1.50. The number of ether oxygens (including phenoxy) is 1. The second-order valence-corrected chi connectivity index (χ2v) is 3.58. The van der Waals surface area contributed by atoms with Crippen LogP contribution in [-0.2, 0) is 4.74 Å².